The maximum absolute atomic E-state index is 12.2. The third-order valence-electron chi connectivity index (χ3n) is 2.89. The first kappa shape index (κ1) is 13.6. The largest absolute Gasteiger partial charge is 0.497 e. The van der Waals surface area contributed by atoms with Gasteiger partial charge >= 0.3 is 0 Å². The Kier molecular flexibility index (Phi) is 4.35. The van der Waals surface area contributed by atoms with E-state index in [9.17, 15) is 4.79 Å². The fraction of sp³-hybridized carbons (Fsp3) is 0.125. The predicted molar refractivity (Wildman–Crippen MR) is 74.9 cm³/mol. The number of ether oxygens (including phenoxy) is 1. The molecule has 0 radical (unpaired) electrons. The fourth-order valence-electron chi connectivity index (χ4n) is 1.81. The maximum Gasteiger partial charge on any atom is 0.267 e. The summed E-state index contributed by atoms with van der Waals surface area (Å²) in [6, 6.07) is 16.1. The number of amides is 1. The van der Waals surface area contributed by atoms with Crippen molar-refractivity contribution in [2.75, 3.05) is 7.11 Å². The van der Waals surface area contributed by atoms with Gasteiger partial charge in [-0.15, -0.1) is 0 Å². The lowest BCUT2D eigenvalue weighted by Gasteiger charge is -2.14. The highest BCUT2D eigenvalue weighted by molar-refractivity contribution is 5.95. The summed E-state index contributed by atoms with van der Waals surface area (Å²) in [5.74, 6) is 0.354. The summed E-state index contributed by atoms with van der Waals surface area (Å²) in [5.41, 5.74) is 1.37. The second-order valence-corrected chi connectivity index (χ2v) is 4.21. The van der Waals surface area contributed by atoms with Crippen LogP contribution in [0.2, 0.25) is 0 Å². The van der Waals surface area contributed by atoms with Crippen molar-refractivity contribution in [3.05, 3.63) is 65.7 Å². The molecule has 20 heavy (non-hydrogen) atoms. The van der Waals surface area contributed by atoms with Crippen molar-refractivity contribution >= 4 is 5.91 Å². The molecule has 0 aliphatic heterocycles. The minimum Gasteiger partial charge on any atom is -0.497 e. The Balaban J connectivity index is 2.14. The highest BCUT2D eigenvalue weighted by Gasteiger charge is 2.15. The maximum atomic E-state index is 12.2. The zero-order valence-electron chi connectivity index (χ0n) is 11.1. The van der Waals surface area contributed by atoms with E-state index >= 15 is 0 Å². The van der Waals surface area contributed by atoms with Crippen LogP contribution in [0.4, 0.5) is 0 Å². The van der Waals surface area contributed by atoms with E-state index in [0.717, 1.165) is 10.5 Å². The number of carbonyl (C=O) groups excluding carboxylic acids is 1. The van der Waals surface area contributed by atoms with Gasteiger partial charge in [0, 0.05) is 5.56 Å². The van der Waals surface area contributed by atoms with Crippen molar-refractivity contribution in [2.45, 2.75) is 6.54 Å². The Morgan fingerprint density at radius 3 is 2.35 bits per heavy atom. The number of methoxy groups -OCH3 is 1. The Labute approximate surface area is 117 Å². The van der Waals surface area contributed by atoms with Gasteiger partial charge in [-0.1, -0.05) is 30.3 Å². The molecular formula is C16H14N2O2. The van der Waals surface area contributed by atoms with Gasteiger partial charge in [0.1, 0.15) is 5.75 Å². The summed E-state index contributed by atoms with van der Waals surface area (Å²) >= 11 is 0. The van der Waals surface area contributed by atoms with E-state index in [-0.39, 0.29) is 12.5 Å². The van der Waals surface area contributed by atoms with Gasteiger partial charge in [-0.05, 0) is 29.8 Å². The average Bonchev–Trinajstić information content (AvgIpc) is 2.53. The molecule has 2 rings (SSSR count). The summed E-state index contributed by atoms with van der Waals surface area (Å²) < 4.78 is 5.04. The van der Waals surface area contributed by atoms with Crippen LogP contribution in [0, 0.1) is 11.5 Å². The topological polar surface area (TPSA) is 53.3 Å². The first-order valence-electron chi connectivity index (χ1n) is 6.14. The quantitative estimate of drug-likeness (QED) is 0.631. The molecule has 100 valence electrons. The van der Waals surface area contributed by atoms with Gasteiger partial charge in [0.15, 0.2) is 6.19 Å². The molecule has 0 aliphatic rings. The standard InChI is InChI=1S/C16H14N2O2/c1-20-15-9-7-14(8-10-15)16(19)18(12-17)11-13-5-3-2-4-6-13/h2-10H,11H2,1H3. The smallest absolute Gasteiger partial charge is 0.267 e. The van der Waals surface area contributed by atoms with Crippen LogP contribution in [0.15, 0.2) is 54.6 Å². The molecule has 4 nitrogen and oxygen atoms in total. The summed E-state index contributed by atoms with van der Waals surface area (Å²) in [4.78, 5) is 13.4. The second-order valence-electron chi connectivity index (χ2n) is 4.21. The Morgan fingerprint density at radius 1 is 1.15 bits per heavy atom. The van der Waals surface area contributed by atoms with E-state index in [1.165, 1.54) is 0 Å². The van der Waals surface area contributed by atoms with Crippen LogP contribution in [-0.4, -0.2) is 17.9 Å². The van der Waals surface area contributed by atoms with E-state index in [1.807, 2.05) is 36.5 Å². The molecule has 0 bridgehead atoms. The first-order valence-corrected chi connectivity index (χ1v) is 6.14. The van der Waals surface area contributed by atoms with Crippen LogP contribution >= 0.6 is 0 Å². The number of carbonyl (C=O) groups is 1. The summed E-state index contributed by atoms with van der Waals surface area (Å²) in [6.45, 7) is 0.266. The number of nitriles is 1. The molecule has 4 heteroatoms. The zero-order valence-corrected chi connectivity index (χ0v) is 11.1. The van der Waals surface area contributed by atoms with E-state index in [4.69, 9.17) is 10.00 Å². The molecular weight excluding hydrogens is 252 g/mol. The van der Waals surface area contributed by atoms with Gasteiger partial charge in [-0.3, -0.25) is 4.79 Å². The lowest BCUT2D eigenvalue weighted by Crippen LogP contribution is -2.25. The number of rotatable bonds is 4. The number of hydrogen-bond acceptors (Lipinski definition) is 3. The normalized spacial score (nSPS) is 9.60. The Morgan fingerprint density at radius 2 is 1.80 bits per heavy atom. The highest BCUT2D eigenvalue weighted by atomic mass is 16.5. The van der Waals surface area contributed by atoms with E-state index in [2.05, 4.69) is 0 Å². The minimum atomic E-state index is -0.320. The van der Waals surface area contributed by atoms with Crippen LogP contribution in [0.1, 0.15) is 15.9 Å². The number of benzene rings is 2. The van der Waals surface area contributed by atoms with Gasteiger partial charge in [-0.2, -0.15) is 5.26 Å². The molecule has 2 aromatic carbocycles. The molecule has 0 spiro atoms. The molecule has 1 amide bonds. The van der Waals surface area contributed by atoms with Crippen molar-refractivity contribution in [1.82, 2.24) is 4.90 Å². The summed E-state index contributed by atoms with van der Waals surface area (Å²) in [5, 5.41) is 9.15. The number of hydrogen-bond donors (Lipinski definition) is 0. The molecule has 0 unspecified atom stereocenters. The monoisotopic (exact) mass is 266 g/mol. The molecule has 0 aromatic heterocycles. The molecule has 0 fully saturated rings. The molecule has 0 saturated carbocycles. The van der Waals surface area contributed by atoms with Crippen LogP contribution < -0.4 is 4.74 Å². The third-order valence-corrected chi connectivity index (χ3v) is 2.89. The van der Waals surface area contributed by atoms with Crippen molar-refractivity contribution < 1.29 is 9.53 Å². The second kappa shape index (κ2) is 6.39. The molecule has 0 atom stereocenters. The lowest BCUT2D eigenvalue weighted by molar-refractivity contribution is 0.0824. The third kappa shape index (κ3) is 3.15. The lowest BCUT2D eigenvalue weighted by atomic mass is 10.1. The van der Waals surface area contributed by atoms with Crippen molar-refractivity contribution in [2.24, 2.45) is 0 Å². The van der Waals surface area contributed by atoms with Gasteiger partial charge < -0.3 is 4.74 Å². The van der Waals surface area contributed by atoms with Gasteiger partial charge in [0.2, 0.25) is 0 Å². The molecule has 0 N–H and O–H groups in total. The molecule has 0 saturated heterocycles. The van der Waals surface area contributed by atoms with Crippen molar-refractivity contribution in [3.63, 3.8) is 0 Å². The first-order chi connectivity index (χ1) is 9.74. The summed E-state index contributed by atoms with van der Waals surface area (Å²) in [6.07, 6.45) is 1.93. The van der Waals surface area contributed by atoms with Crippen LogP contribution in [0.5, 0.6) is 5.75 Å². The molecule has 0 aliphatic carbocycles. The predicted octanol–water partition coefficient (Wildman–Crippen LogP) is 2.82. The Hall–Kier alpha value is -2.80. The van der Waals surface area contributed by atoms with Gasteiger partial charge in [0.25, 0.3) is 5.91 Å². The van der Waals surface area contributed by atoms with Crippen LogP contribution in [-0.2, 0) is 6.54 Å². The Bertz CT molecular complexity index is 615. The van der Waals surface area contributed by atoms with Crippen molar-refractivity contribution in [1.29, 1.82) is 5.26 Å². The van der Waals surface area contributed by atoms with Crippen LogP contribution in [0.3, 0.4) is 0 Å². The van der Waals surface area contributed by atoms with E-state index in [1.54, 1.807) is 31.4 Å². The molecule has 0 heterocycles. The average molecular weight is 266 g/mol. The zero-order chi connectivity index (χ0) is 14.4. The van der Waals surface area contributed by atoms with Gasteiger partial charge in [0.05, 0.1) is 13.7 Å². The fourth-order valence-corrected chi connectivity index (χ4v) is 1.81. The number of nitrogens with zero attached hydrogens (tertiary/aromatic N) is 2. The molecule has 2 aromatic rings. The van der Waals surface area contributed by atoms with E-state index in [0.29, 0.717) is 11.3 Å². The summed E-state index contributed by atoms with van der Waals surface area (Å²) in [7, 11) is 1.56. The SMILES string of the molecule is COc1ccc(C(=O)N(C#N)Cc2ccccc2)cc1. The minimum absolute atomic E-state index is 0.266. The van der Waals surface area contributed by atoms with E-state index < -0.39 is 0 Å². The van der Waals surface area contributed by atoms with Crippen molar-refractivity contribution in [3.8, 4) is 11.9 Å². The highest BCUT2D eigenvalue weighted by Crippen LogP contribution is 2.14. The van der Waals surface area contributed by atoms with Gasteiger partial charge in [-0.25, -0.2) is 4.90 Å². The van der Waals surface area contributed by atoms with Crippen LogP contribution in [0.25, 0.3) is 0 Å².